The fraction of sp³-hybridized carbons (Fsp3) is 0.688. The van der Waals surface area contributed by atoms with Crippen LogP contribution in [0.15, 0.2) is 24.5 Å². The minimum atomic E-state index is 0.239. The smallest absolute Gasteiger partial charge is 0.0558 e. The third kappa shape index (κ3) is 4.92. The molecule has 0 spiro atoms. The third-order valence-corrected chi connectivity index (χ3v) is 4.11. The van der Waals surface area contributed by atoms with E-state index in [1.54, 1.807) is 0 Å². The van der Waals surface area contributed by atoms with Crippen LogP contribution in [-0.4, -0.2) is 34.7 Å². The number of nitrogens with zero attached hydrogens (tertiary/aromatic N) is 2. The normalized spacial score (nSPS) is 23.7. The molecule has 19 heavy (non-hydrogen) atoms. The van der Waals surface area contributed by atoms with Crippen molar-refractivity contribution in [3.8, 4) is 0 Å². The first-order valence-electron chi connectivity index (χ1n) is 7.50. The quantitative estimate of drug-likeness (QED) is 0.856. The number of rotatable bonds is 6. The summed E-state index contributed by atoms with van der Waals surface area (Å²) in [4.78, 5) is 6.54. The van der Waals surface area contributed by atoms with E-state index in [2.05, 4.69) is 22.9 Å². The molecule has 0 saturated heterocycles. The number of hydrogen-bond donors (Lipinski definition) is 1. The van der Waals surface area contributed by atoms with Gasteiger partial charge in [-0.05, 0) is 36.3 Å². The zero-order valence-corrected chi connectivity index (χ0v) is 12.0. The van der Waals surface area contributed by atoms with Crippen molar-refractivity contribution in [2.24, 2.45) is 11.8 Å². The van der Waals surface area contributed by atoms with Crippen molar-refractivity contribution in [2.75, 3.05) is 19.7 Å². The first-order chi connectivity index (χ1) is 9.28. The lowest BCUT2D eigenvalue weighted by molar-refractivity contribution is 0.143. The van der Waals surface area contributed by atoms with Crippen molar-refractivity contribution >= 4 is 0 Å². The van der Waals surface area contributed by atoms with Crippen LogP contribution in [0.25, 0.3) is 0 Å². The first kappa shape index (κ1) is 14.5. The Morgan fingerprint density at radius 3 is 3.00 bits per heavy atom. The number of pyridine rings is 1. The van der Waals surface area contributed by atoms with Gasteiger partial charge in [0.2, 0.25) is 0 Å². The van der Waals surface area contributed by atoms with E-state index >= 15 is 0 Å². The van der Waals surface area contributed by atoms with E-state index in [9.17, 15) is 5.11 Å². The average Bonchev–Trinajstić information content (AvgIpc) is 2.40. The standard InChI is InChI=1S/C16H26N2O/c1-14-4-2-5-15(10-14)12-18(8-9-19)13-16-6-3-7-17-11-16/h3,6-7,11,14-15,19H,2,4-5,8-10,12-13H2,1H3. The highest BCUT2D eigenvalue weighted by molar-refractivity contribution is 5.08. The largest absolute Gasteiger partial charge is 0.395 e. The fourth-order valence-electron chi connectivity index (χ4n) is 3.22. The van der Waals surface area contributed by atoms with E-state index in [-0.39, 0.29) is 6.61 Å². The summed E-state index contributed by atoms with van der Waals surface area (Å²) in [5.74, 6) is 1.67. The van der Waals surface area contributed by atoms with Crippen LogP contribution in [0.4, 0.5) is 0 Å². The minimum absolute atomic E-state index is 0.239. The van der Waals surface area contributed by atoms with Crippen LogP contribution in [0.1, 0.15) is 38.2 Å². The zero-order valence-electron chi connectivity index (χ0n) is 12.0. The summed E-state index contributed by atoms with van der Waals surface area (Å²) in [6.07, 6.45) is 9.18. The Bertz CT molecular complexity index is 355. The zero-order chi connectivity index (χ0) is 13.5. The first-order valence-corrected chi connectivity index (χ1v) is 7.50. The maximum Gasteiger partial charge on any atom is 0.0558 e. The van der Waals surface area contributed by atoms with Gasteiger partial charge in [-0.1, -0.05) is 25.8 Å². The molecule has 0 amide bonds. The van der Waals surface area contributed by atoms with Gasteiger partial charge in [-0.3, -0.25) is 9.88 Å². The molecule has 1 N–H and O–H groups in total. The van der Waals surface area contributed by atoms with Gasteiger partial charge in [0.1, 0.15) is 0 Å². The number of hydrogen-bond acceptors (Lipinski definition) is 3. The molecule has 0 radical (unpaired) electrons. The van der Waals surface area contributed by atoms with E-state index in [0.29, 0.717) is 0 Å². The van der Waals surface area contributed by atoms with E-state index in [1.165, 1.54) is 31.2 Å². The monoisotopic (exact) mass is 262 g/mol. The molecule has 1 aliphatic rings. The van der Waals surface area contributed by atoms with Gasteiger partial charge in [0.05, 0.1) is 6.61 Å². The van der Waals surface area contributed by atoms with Crippen LogP contribution in [-0.2, 0) is 6.54 Å². The highest BCUT2D eigenvalue weighted by Crippen LogP contribution is 2.29. The van der Waals surface area contributed by atoms with Crippen LogP contribution in [0.5, 0.6) is 0 Å². The van der Waals surface area contributed by atoms with E-state index in [4.69, 9.17) is 0 Å². The molecule has 3 nitrogen and oxygen atoms in total. The molecule has 2 rings (SSSR count). The molecule has 106 valence electrons. The molecule has 0 aromatic carbocycles. The number of aliphatic hydroxyl groups is 1. The summed E-state index contributed by atoms with van der Waals surface area (Å²) in [5, 5.41) is 9.24. The van der Waals surface area contributed by atoms with Crippen molar-refractivity contribution in [2.45, 2.75) is 39.2 Å². The molecule has 1 aromatic heterocycles. The van der Waals surface area contributed by atoms with Crippen LogP contribution >= 0.6 is 0 Å². The van der Waals surface area contributed by atoms with Crippen LogP contribution in [0.2, 0.25) is 0 Å². The van der Waals surface area contributed by atoms with Crippen molar-refractivity contribution in [3.63, 3.8) is 0 Å². The second kappa shape index (κ2) is 7.61. The maximum absolute atomic E-state index is 9.24. The summed E-state index contributed by atoms with van der Waals surface area (Å²) in [6, 6.07) is 4.09. The lowest BCUT2D eigenvalue weighted by Crippen LogP contribution is -2.33. The summed E-state index contributed by atoms with van der Waals surface area (Å²) in [6.45, 7) is 5.38. The maximum atomic E-state index is 9.24. The van der Waals surface area contributed by atoms with Gasteiger partial charge in [0, 0.05) is 32.0 Å². The lowest BCUT2D eigenvalue weighted by Gasteiger charge is -2.32. The lowest BCUT2D eigenvalue weighted by atomic mass is 9.82. The molecular formula is C16H26N2O. The molecule has 2 unspecified atom stereocenters. The number of aliphatic hydroxyl groups excluding tert-OH is 1. The van der Waals surface area contributed by atoms with E-state index in [0.717, 1.165) is 31.5 Å². The second-order valence-corrected chi connectivity index (χ2v) is 5.96. The molecule has 0 bridgehead atoms. The summed E-state index contributed by atoms with van der Waals surface area (Å²) >= 11 is 0. The Morgan fingerprint density at radius 2 is 2.32 bits per heavy atom. The van der Waals surface area contributed by atoms with Crippen LogP contribution < -0.4 is 0 Å². The summed E-state index contributed by atoms with van der Waals surface area (Å²) in [7, 11) is 0. The Labute approximate surface area is 116 Å². The van der Waals surface area contributed by atoms with Gasteiger partial charge in [0.15, 0.2) is 0 Å². The Hall–Kier alpha value is -0.930. The van der Waals surface area contributed by atoms with Gasteiger partial charge in [-0.15, -0.1) is 0 Å². The predicted octanol–water partition coefficient (Wildman–Crippen LogP) is 2.70. The van der Waals surface area contributed by atoms with Crippen molar-refractivity contribution in [1.29, 1.82) is 0 Å². The molecule has 1 fully saturated rings. The summed E-state index contributed by atoms with van der Waals surface area (Å²) < 4.78 is 0. The van der Waals surface area contributed by atoms with Crippen molar-refractivity contribution in [1.82, 2.24) is 9.88 Å². The van der Waals surface area contributed by atoms with Gasteiger partial charge in [0.25, 0.3) is 0 Å². The van der Waals surface area contributed by atoms with Crippen molar-refractivity contribution in [3.05, 3.63) is 30.1 Å². The Balaban J connectivity index is 1.88. The Morgan fingerprint density at radius 1 is 1.42 bits per heavy atom. The molecule has 1 aromatic rings. The summed E-state index contributed by atoms with van der Waals surface area (Å²) in [5.41, 5.74) is 1.24. The highest BCUT2D eigenvalue weighted by atomic mass is 16.3. The molecule has 2 atom stereocenters. The molecule has 1 aliphatic carbocycles. The SMILES string of the molecule is CC1CCCC(CN(CCO)Cc2cccnc2)C1. The topological polar surface area (TPSA) is 36.4 Å². The third-order valence-electron chi connectivity index (χ3n) is 4.11. The van der Waals surface area contributed by atoms with Crippen molar-refractivity contribution < 1.29 is 5.11 Å². The molecule has 3 heteroatoms. The second-order valence-electron chi connectivity index (χ2n) is 5.96. The van der Waals surface area contributed by atoms with E-state index in [1.807, 2.05) is 18.5 Å². The predicted molar refractivity (Wildman–Crippen MR) is 77.7 cm³/mol. The van der Waals surface area contributed by atoms with Gasteiger partial charge >= 0.3 is 0 Å². The molecular weight excluding hydrogens is 236 g/mol. The average molecular weight is 262 g/mol. The minimum Gasteiger partial charge on any atom is -0.395 e. The number of aromatic nitrogens is 1. The molecule has 1 saturated carbocycles. The molecule has 0 aliphatic heterocycles. The van der Waals surface area contributed by atoms with E-state index < -0.39 is 0 Å². The van der Waals surface area contributed by atoms with Gasteiger partial charge in [-0.25, -0.2) is 0 Å². The fourth-order valence-corrected chi connectivity index (χ4v) is 3.22. The van der Waals surface area contributed by atoms with Crippen LogP contribution in [0, 0.1) is 11.8 Å². The van der Waals surface area contributed by atoms with Gasteiger partial charge in [-0.2, -0.15) is 0 Å². The molecule has 1 heterocycles. The Kier molecular flexibility index (Phi) is 5.80. The van der Waals surface area contributed by atoms with Gasteiger partial charge < -0.3 is 5.11 Å². The van der Waals surface area contributed by atoms with Crippen LogP contribution in [0.3, 0.4) is 0 Å². The highest BCUT2D eigenvalue weighted by Gasteiger charge is 2.21.